The molecule has 0 aliphatic heterocycles. The third-order valence-electron chi connectivity index (χ3n) is 4.22. The molecule has 1 unspecified atom stereocenters. The fraction of sp³-hybridized carbons (Fsp3) is 0.136. The Kier molecular flexibility index (Phi) is 6.69. The van der Waals surface area contributed by atoms with Crippen LogP contribution in [0.25, 0.3) is 0 Å². The molecule has 5 heteroatoms. The predicted octanol–water partition coefficient (Wildman–Crippen LogP) is 6.65. The van der Waals surface area contributed by atoms with Gasteiger partial charge in [-0.05, 0) is 60.2 Å². The van der Waals surface area contributed by atoms with E-state index in [4.69, 9.17) is 4.74 Å². The average molecular weight is 489 g/mol. The molecule has 0 saturated heterocycles. The second kappa shape index (κ2) is 9.20. The molecule has 0 aliphatic carbocycles. The van der Waals surface area contributed by atoms with Crippen LogP contribution in [0.15, 0.2) is 81.7 Å². The fourth-order valence-electron chi connectivity index (χ4n) is 2.84. The van der Waals surface area contributed by atoms with E-state index in [2.05, 4.69) is 37.2 Å². The number of halogens is 2. The minimum Gasteiger partial charge on any atom is -0.497 e. The van der Waals surface area contributed by atoms with Crippen molar-refractivity contribution in [3.63, 3.8) is 0 Å². The van der Waals surface area contributed by atoms with Crippen LogP contribution in [0.5, 0.6) is 5.75 Å². The van der Waals surface area contributed by atoms with Crippen molar-refractivity contribution in [2.45, 2.75) is 12.5 Å². The summed E-state index contributed by atoms with van der Waals surface area (Å²) in [6.07, 6.45) is 0.343. The lowest BCUT2D eigenvalue weighted by atomic mass is 9.97. The predicted molar refractivity (Wildman–Crippen MR) is 117 cm³/mol. The maximum Gasteiger partial charge on any atom is 0.165 e. The summed E-state index contributed by atoms with van der Waals surface area (Å²) in [4.78, 5) is 12.9. The highest BCUT2D eigenvalue weighted by Gasteiger charge is 2.18. The molecule has 3 nitrogen and oxygen atoms in total. The number of carbonyl (C=O) groups excluding carboxylic acids is 1. The van der Waals surface area contributed by atoms with Crippen LogP contribution in [-0.2, 0) is 0 Å². The Morgan fingerprint density at radius 3 is 2.26 bits per heavy atom. The van der Waals surface area contributed by atoms with Gasteiger partial charge in [-0.15, -0.1) is 0 Å². The lowest BCUT2D eigenvalue weighted by Crippen LogP contribution is -2.16. The van der Waals surface area contributed by atoms with Crippen molar-refractivity contribution < 1.29 is 9.53 Å². The van der Waals surface area contributed by atoms with E-state index < -0.39 is 0 Å². The standard InChI is InChI=1S/C22H19Br2NO2/c1-27-20-10-8-15(9-11-20)22(26)14-21(16-4-2-5-17(23)12-16)25-19-7-3-6-18(24)13-19/h2-13,21,25H,14H2,1H3. The number of ether oxygens (including phenoxy) is 1. The zero-order valence-electron chi connectivity index (χ0n) is 14.8. The third-order valence-corrected chi connectivity index (χ3v) is 5.20. The number of anilines is 1. The molecule has 0 amide bonds. The van der Waals surface area contributed by atoms with Crippen molar-refractivity contribution >= 4 is 43.3 Å². The molecule has 0 radical (unpaired) electrons. The number of hydrogen-bond donors (Lipinski definition) is 1. The molecule has 3 rings (SSSR count). The zero-order chi connectivity index (χ0) is 19.2. The van der Waals surface area contributed by atoms with E-state index in [1.54, 1.807) is 19.2 Å². The topological polar surface area (TPSA) is 38.3 Å². The Morgan fingerprint density at radius 2 is 1.63 bits per heavy atom. The van der Waals surface area contributed by atoms with E-state index in [-0.39, 0.29) is 11.8 Å². The summed E-state index contributed by atoms with van der Waals surface area (Å²) in [7, 11) is 1.61. The maximum absolute atomic E-state index is 12.9. The smallest absolute Gasteiger partial charge is 0.165 e. The van der Waals surface area contributed by atoms with Gasteiger partial charge >= 0.3 is 0 Å². The molecule has 0 fully saturated rings. The second-order valence-corrected chi connectivity index (χ2v) is 7.95. The van der Waals surface area contributed by atoms with Crippen LogP contribution in [0.2, 0.25) is 0 Å². The molecule has 3 aromatic carbocycles. The van der Waals surface area contributed by atoms with Gasteiger partial charge in [0.1, 0.15) is 5.75 Å². The van der Waals surface area contributed by atoms with E-state index >= 15 is 0 Å². The van der Waals surface area contributed by atoms with Crippen LogP contribution in [0.4, 0.5) is 5.69 Å². The Balaban J connectivity index is 1.85. The summed E-state index contributed by atoms with van der Waals surface area (Å²) >= 11 is 7.02. The van der Waals surface area contributed by atoms with Crippen LogP contribution >= 0.6 is 31.9 Å². The Hall–Kier alpha value is -2.11. The minimum atomic E-state index is -0.147. The van der Waals surface area contributed by atoms with Crippen molar-refractivity contribution in [3.05, 3.63) is 92.9 Å². The quantitative estimate of drug-likeness (QED) is 0.378. The van der Waals surface area contributed by atoms with Gasteiger partial charge in [0.05, 0.1) is 13.2 Å². The van der Waals surface area contributed by atoms with E-state index in [1.165, 1.54) is 0 Å². The average Bonchev–Trinajstić information content (AvgIpc) is 2.67. The number of ketones is 1. The highest BCUT2D eigenvalue weighted by molar-refractivity contribution is 9.10. The summed E-state index contributed by atoms with van der Waals surface area (Å²) in [5.74, 6) is 0.812. The molecule has 0 spiro atoms. The molecule has 0 aliphatic rings. The van der Waals surface area contributed by atoms with Gasteiger partial charge in [-0.1, -0.05) is 50.1 Å². The van der Waals surface area contributed by atoms with Crippen LogP contribution < -0.4 is 10.1 Å². The first-order chi connectivity index (χ1) is 13.0. The Bertz CT molecular complexity index is 926. The van der Waals surface area contributed by atoms with Crippen molar-refractivity contribution in [3.8, 4) is 5.75 Å². The lowest BCUT2D eigenvalue weighted by molar-refractivity contribution is 0.0976. The molecular formula is C22H19Br2NO2. The monoisotopic (exact) mass is 487 g/mol. The van der Waals surface area contributed by atoms with E-state index in [0.29, 0.717) is 12.0 Å². The molecule has 0 aromatic heterocycles. The van der Waals surface area contributed by atoms with Gasteiger partial charge in [0.2, 0.25) is 0 Å². The Morgan fingerprint density at radius 1 is 0.963 bits per heavy atom. The molecule has 0 bridgehead atoms. The van der Waals surface area contributed by atoms with Gasteiger partial charge < -0.3 is 10.1 Å². The molecule has 27 heavy (non-hydrogen) atoms. The van der Waals surface area contributed by atoms with Gasteiger partial charge in [-0.2, -0.15) is 0 Å². The number of methoxy groups -OCH3 is 1. The number of hydrogen-bond acceptors (Lipinski definition) is 3. The molecule has 1 atom stereocenters. The first kappa shape index (κ1) is 19.6. The number of Topliss-reactive ketones (excluding diaryl/α,β-unsaturated/α-hetero) is 1. The summed E-state index contributed by atoms with van der Waals surface area (Å²) < 4.78 is 7.14. The van der Waals surface area contributed by atoms with Crippen molar-refractivity contribution in [1.29, 1.82) is 0 Å². The van der Waals surface area contributed by atoms with Crippen LogP contribution in [0.1, 0.15) is 28.4 Å². The first-order valence-corrected chi connectivity index (χ1v) is 10.1. The largest absolute Gasteiger partial charge is 0.497 e. The van der Waals surface area contributed by atoms with Crippen molar-refractivity contribution in [2.24, 2.45) is 0 Å². The summed E-state index contributed by atoms with van der Waals surface area (Å²) in [6, 6.07) is 23.0. The molecule has 138 valence electrons. The van der Waals surface area contributed by atoms with E-state index in [1.807, 2.05) is 60.7 Å². The van der Waals surface area contributed by atoms with Crippen LogP contribution in [-0.4, -0.2) is 12.9 Å². The Labute approximate surface area is 176 Å². The van der Waals surface area contributed by atoms with Crippen molar-refractivity contribution in [1.82, 2.24) is 0 Å². The normalized spacial score (nSPS) is 11.7. The third kappa shape index (κ3) is 5.44. The minimum absolute atomic E-state index is 0.0742. The number of carbonyl (C=O) groups is 1. The summed E-state index contributed by atoms with van der Waals surface area (Å²) in [6.45, 7) is 0. The first-order valence-electron chi connectivity index (χ1n) is 8.50. The van der Waals surface area contributed by atoms with Gasteiger partial charge in [0, 0.05) is 26.6 Å². The van der Waals surface area contributed by atoms with Crippen LogP contribution in [0.3, 0.4) is 0 Å². The van der Waals surface area contributed by atoms with Gasteiger partial charge in [0.15, 0.2) is 5.78 Å². The molecule has 3 aromatic rings. The highest BCUT2D eigenvalue weighted by Crippen LogP contribution is 2.28. The number of nitrogens with one attached hydrogen (secondary N) is 1. The molecule has 0 heterocycles. The molecule has 0 saturated carbocycles. The fourth-order valence-corrected chi connectivity index (χ4v) is 3.65. The maximum atomic E-state index is 12.9. The van der Waals surface area contributed by atoms with Gasteiger partial charge in [-0.3, -0.25) is 4.79 Å². The van der Waals surface area contributed by atoms with Crippen molar-refractivity contribution in [2.75, 3.05) is 12.4 Å². The van der Waals surface area contributed by atoms with Gasteiger partial charge in [-0.25, -0.2) is 0 Å². The SMILES string of the molecule is COc1ccc(C(=O)CC(Nc2cccc(Br)c2)c2cccc(Br)c2)cc1. The zero-order valence-corrected chi connectivity index (χ0v) is 18.0. The van der Waals surface area contributed by atoms with Crippen LogP contribution in [0, 0.1) is 0 Å². The summed E-state index contributed by atoms with van der Waals surface area (Å²) in [5, 5.41) is 3.49. The lowest BCUT2D eigenvalue weighted by Gasteiger charge is -2.20. The molecule has 1 N–H and O–H groups in total. The molecular weight excluding hydrogens is 470 g/mol. The van der Waals surface area contributed by atoms with E-state index in [0.717, 1.165) is 25.9 Å². The highest BCUT2D eigenvalue weighted by atomic mass is 79.9. The number of rotatable bonds is 7. The second-order valence-electron chi connectivity index (χ2n) is 6.12. The number of benzene rings is 3. The van der Waals surface area contributed by atoms with Gasteiger partial charge in [0.25, 0.3) is 0 Å². The summed E-state index contributed by atoms with van der Waals surface area (Å²) in [5.41, 5.74) is 2.68. The van der Waals surface area contributed by atoms with E-state index in [9.17, 15) is 4.79 Å².